The molecule has 0 unspecified atom stereocenters. The van der Waals surface area contributed by atoms with Gasteiger partial charge in [-0.1, -0.05) is 182 Å². The molecule has 0 saturated heterocycles. The van der Waals surface area contributed by atoms with Gasteiger partial charge in [0, 0.05) is 19.3 Å². The zero-order valence-corrected chi connectivity index (χ0v) is 31.7. The van der Waals surface area contributed by atoms with Crippen molar-refractivity contribution in [2.75, 3.05) is 0 Å². The zero-order valence-electron chi connectivity index (χ0n) is 31.7. The van der Waals surface area contributed by atoms with Gasteiger partial charge in [-0.2, -0.15) is 0 Å². The smallest absolute Gasteiger partial charge is 0.335 e. The molecule has 9 heteroatoms. The summed E-state index contributed by atoms with van der Waals surface area (Å²) in [5.74, 6) is -1.27. The first-order valence-electron chi connectivity index (χ1n) is 18.7. The minimum absolute atomic E-state index is 0.250. The van der Waals surface area contributed by atoms with Gasteiger partial charge >= 0.3 is 11.9 Å². The van der Waals surface area contributed by atoms with E-state index in [0.717, 1.165) is 33.4 Å². The summed E-state index contributed by atoms with van der Waals surface area (Å²) in [6, 6.07) is 57.6. The highest BCUT2D eigenvalue weighted by Crippen LogP contribution is 2.13. The molecule has 0 radical (unpaired) electrons. The summed E-state index contributed by atoms with van der Waals surface area (Å²) in [5.41, 5.74) is 5.86. The van der Waals surface area contributed by atoms with Crippen LogP contribution in [0.25, 0.3) is 0 Å². The summed E-state index contributed by atoms with van der Waals surface area (Å²) < 4.78 is 16.9. The number of carbonyl (C=O) groups excluding carboxylic acids is 1. The third-order valence-electron chi connectivity index (χ3n) is 8.51. The Labute approximate surface area is 334 Å². The van der Waals surface area contributed by atoms with Crippen LogP contribution in [-0.4, -0.2) is 57.0 Å². The van der Waals surface area contributed by atoms with Gasteiger partial charge in [-0.3, -0.25) is 0 Å². The van der Waals surface area contributed by atoms with Gasteiger partial charge in [0.15, 0.2) is 18.5 Å². The Morgan fingerprint density at radius 2 is 0.702 bits per heavy atom. The molecule has 0 amide bonds. The molecule has 0 saturated carbocycles. The van der Waals surface area contributed by atoms with Gasteiger partial charge in [0.2, 0.25) is 0 Å². The van der Waals surface area contributed by atoms with Gasteiger partial charge < -0.3 is 34.6 Å². The maximum absolute atomic E-state index is 12.6. The topological polar surface area (TPSA) is 143 Å². The fourth-order valence-electron chi connectivity index (χ4n) is 5.41. The van der Waals surface area contributed by atoms with E-state index in [1.165, 1.54) is 0 Å². The third-order valence-corrected chi connectivity index (χ3v) is 8.51. The SMILES string of the molecule is O=C(O)[C@H](Cc1ccccc1)OCc1ccccc1.O=C(OCc1ccccc1)[C@H](Cc1ccccc1)OCc1ccccc1.OC(O)[C@@H](O)Cc1ccccc1. The Balaban J connectivity index is 0.000000204. The van der Waals surface area contributed by atoms with Gasteiger partial charge in [0.25, 0.3) is 0 Å². The highest BCUT2D eigenvalue weighted by Gasteiger charge is 2.22. The maximum Gasteiger partial charge on any atom is 0.335 e. The van der Waals surface area contributed by atoms with Crippen molar-refractivity contribution in [3.63, 3.8) is 0 Å². The molecule has 0 aliphatic heterocycles. The third kappa shape index (κ3) is 17.6. The standard InChI is InChI=1S/C23H22O3.C16H16O3.C9H12O3/c24-23(26-18-21-14-8-3-9-15-21)22(16-19-10-4-1-5-11-19)25-17-20-12-6-2-7-13-20;17-16(18)15(11-13-7-3-1-4-8-13)19-12-14-9-5-2-6-10-14;10-8(9(11)12)6-7-4-2-1-3-5-7/h1-15,22H,16-18H2;1-10,15H,11-12H2,(H,17,18);1-5,8-12H,6H2/t22-;15-;8-/m000/s1. The largest absolute Gasteiger partial charge is 0.479 e. The lowest BCUT2D eigenvalue weighted by Gasteiger charge is -2.17. The molecule has 9 nitrogen and oxygen atoms in total. The van der Waals surface area contributed by atoms with Crippen molar-refractivity contribution in [2.45, 2.75) is 63.7 Å². The van der Waals surface area contributed by atoms with Gasteiger partial charge in [0.05, 0.1) is 13.2 Å². The van der Waals surface area contributed by atoms with Crippen molar-refractivity contribution in [1.29, 1.82) is 0 Å². The number of hydrogen-bond acceptors (Lipinski definition) is 8. The molecule has 0 fully saturated rings. The van der Waals surface area contributed by atoms with Gasteiger partial charge in [0.1, 0.15) is 12.7 Å². The number of aliphatic hydroxyl groups is 3. The monoisotopic (exact) mass is 770 g/mol. The van der Waals surface area contributed by atoms with Crippen molar-refractivity contribution in [1.82, 2.24) is 0 Å². The maximum atomic E-state index is 12.6. The average Bonchev–Trinajstić information content (AvgIpc) is 3.25. The van der Waals surface area contributed by atoms with E-state index in [2.05, 4.69) is 0 Å². The van der Waals surface area contributed by atoms with Crippen LogP contribution in [0.2, 0.25) is 0 Å². The predicted octanol–water partition coefficient (Wildman–Crippen LogP) is 7.36. The van der Waals surface area contributed by atoms with Gasteiger partial charge in [-0.05, 0) is 33.4 Å². The Morgan fingerprint density at radius 3 is 1.05 bits per heavy atom. The lowest BCUT2D eigenvalue weighted by Crippen LogP contribution is -2.28. The first kappa shape index (κ1) is 43.8. The number of rotatable bonds is 17. The van der Waals surface area contributed by atoms with Gasteiger partial charge in [-0.25, -0.2) is 9.59 Å². The summed E-state index contributed by atoms with van der Waals surface area (Å²) in [4.78, 5) is 23.8. The number of carboxylic acid groups (broad SMARTS) is 1. The van der Waals surface area contributed by atoms with Crippen LogP contribution >= 0.6 is 0 Å². The normalized spacial score (nSPS) is 12.1. The van der Waals surface area contributed by atoms with Crippen LogP contribution in [0.1, 0.15) is 33.4 Å². The molecule has 0 aliphatic rings. The first-order valence-corrected chi connectivity index (χ1v) is 18.7. The van der Waals surface area contributed by atoms with Crippen molar-refractivity contribution in [2.24, 2.45) is 0 Å². The molecule has 0 aliphatic carbocycles. The van der Waals surface area contributed by atoms with Crippen LogP contribution < -0.4 is 0 Å². The quantitative estimate of drug-likeness (QED) is 0.0553. The second kappa shape index (κ2) is 25.3. The number of aliphatic hydroxyl groups excluding tert-OH is 2. The number of hydrogen-bond donors (Lipinski definition) is 4. The van der Waals surface area contributed by atoms with Gasteiger partial charge in [-0.15, -0.1) is 0 Å². The van der Waals surface area contributed by atoms with E-state index in [1.807, 2.05) is 182 Å². The molecule has 0 heterocycles. The van der Waals surface area contributed by atoms with E-state index in [1.54, 1.807) is 0 Å². The number of ether oxygens (including phenoxy) is 3. The Morgan fingerprint density at radius 1 is 0.404 bits per heavy atom. The molecule has 57 heavy (non-hydrogen) atoms. The van der Waals surface area contributed by atoms with Crippen LogP contribution in [0.3, 0.4) is 0 Å². The minimum atomic E-state index is -1.66. The summed E-state index contributed by atoms with van der Waals surface area (Å²) in [6.07, 6.45) is -3.09. The van der Waals surface area contributed by atoms with E-state index in [4.69, 9.17) is 29.5 Å². The van der Waals surface area contributed by atoms with Crippen molar-refractivity contribution in [3.8, 4) is 0 Å². The zero-order chi connectivity index (χ0) is 40.5. The lowest BCUT2D eigenvalue weighted by molar-refractivity contribution is -0.159. The lowest BCUT2D eigenvalue weighted by atomic mass is 10.1. The second-order valence-corrected chi connectivity index (χ2v) is 13.1. The fraction of sp³-hybridized carbons (Fsp3) is 0.208. The molecule has 4 N–H and O–H groups in total. The predicted molar refractivity (Wildman–Crippen MR) is 219 cm³/mol. The molecule has 0 aromatic heterocycles. The fourth-order valence-corrected chi connectivity index (χ4v) is 5.41. The molecule has 296 valence electrons. The van der Waals surface area contributed by atoms with Crippen molar-refractivity contribution >= 4 is 11.9 Å². The van der Waals surface area contributed by atoms with Crippen LogP contribution in [0.4, 0.5) is 0 Å². The van der Waals surface area contributed by atoms with Crippen molar-refractivity contribution in [3.05, 3.63) is 215 Å². The summed E-state index contributed by atoms with van der Waals surface area (Å²) in [7, 11) is 0. The van der Waals surface area contributed by atoms with E-state index in [-0.39, 0.29) is 19.0 Å². The minimum Gasteiger partial charge on any atom is -0.479 e. The van der Waals surface area contributed by atoms with Crippen LogP contribution in [0, 0.1) is 0 Å². The number of benzene rings is 6. The van der Waals surface area contributed by atoms with E-state index >= 15 is 0 Å². The molecule has 6 aromatic rings. The first-order chi connectivity index (χ1) is 27.8. The number of esters is 1. The molecule has 3 atom stereocenters. The van der Waals surface area contributed by atoms with E-state index < -0.39 is 30.6 Å². The van der Waals surface area contributed by atoms with Crippen LogP contribution in [0.15, 0.2) is 182 Å². The Hall–Kier alpha value is -5.94. The summed E-state index contributed by atoms with van der Waals surface area (Å²) in [5, 5.41) is 35.4. The molecule has 0 bridgehead atoms. The highest BCUT2D eigenvalue weighted by atomic mass is 16.6. The Kier molecular flexibility index (Phi) is 19.4. The molecular weight excluding hydrogens is 721 g/mol. The molecule has 6 rings (SSSR count). The number of carbonyl (C=O) groups is 2. The molecular formula is C48H50O9. The van der Waals surface area contributed by atoms with E-state index in [0.29, 0.717) is 26.1 Å². The number of carboxylic acids is 1. The van der Waals surface area contributed by atoms with Crippen molar-refractivity contribution < 1.29 is 44.2 Å². The summed E-state index contributed by atoms with van der Waals surface area (Å²) in [6.45, 7) is 0.934. The Bertz CT molecular complexity index is 1940. The van der Waals surface area contributed by atoms with E-state index in [9.17, 15) is 14.7 Å². The van der Waals surface area contributed by atoms with Crippen LogP contribution in [0.5, 0.6) is 0 Å². The summed E-state index contributed by atoms with van der Waals surface area (Å²) >= 11 is 0. The molecule has 6 aromatic carbocycles. The second-order valence-electron chi connectivity index (χ2n) is 13.1. The van der Waals surface area contributed by atoms with Crippen LogP contribution in [-0.2, 0) is 62.9 Å². The molecule has 0 spiro atoms. The highest BCUT2D eigenvalue weighted by molar-refractivity contribution is 5.75. The average molecular weight is 771 g/mol. The number of aliphatic carboxylic acids is 1.